The van der Waals surface area contributed by atoms with Gasteiger partial charge >= 0.3 is 12.3 Å². The summed E-state index contributed by atoms with van der Waals surface area (Å²) in [4.78, 5) is 13.7. The molecular formula is C17H23F3N2O2. The fraction of sp³-hybridized carbons (Fsp3) is 0.588. The molecule has 1 aromatic rings. The summed E-state index contributed by atoms with van der Waals surface area (Å²) >= 11 is 0. The molecule has 24 heavy (non-hydrogen) atoms. The summed E-state index contributed by atoms with van der Waals surface area (Å²) in [5, 5.41) is 3.18. The fourth-order valence-corrected chi connectivity index (χ4v) is 2.69. The Morgan fingerprint density at radius 2 is 1.96 bits per heavy atom. The first-order valence-corrected chi connectivity index (χ1v) is 7.93. The molecule has 1 atom stereocenters. The van der Waals surface area contributed by atoms with Crippen LogP contribution in [0.4, 0.5) is 18.0 Å². The predicted molar refractivity (Wildman–Crippen MR) is 84.7 cm³/mol. The SMILES string of the molecule is CC(C)(C)OC(=O)N1CCN[C@H](Cc2ccccc2C(F)(F)F)C1. The van der Waals surface area contributed by atoms with Crippen molar-refractivity contribution in [1.82, 2.24) is 10.2 Å². The van der Waals surface area contributed by atoms with Crippen LogP contribution in [0.5, 0.6) is 0 Å². The highest BCUT2D eigenvalue weighted by Gasteiger charge is 2.34. The van der Waals surface area contributed by atoms with E-state index in [0.717, 1.165) is 6.07 Å². The molecule has 0 radical (unpaired) electrons. The zero-order valence-electron chi connectivity index (χ0n) is 14.1. The molecular weight excluding hydrogens is 321 g/mol. The van der Waals surface area contributed by atoms with Gasteiger partial charge in [-0.25, -0.2) is 4.79 Å². The number of ether oxygens (including phenoxy) is 1. The number of carbonyl (C=O) groups excluding carboxylic acids is 1. The Bertz CT molecular complexity index is 582. The monoisotopic (exact) mass is 344 g/mol. The molecule has 1 aliphatic rings. The zero-order chi connectivity index (χ0) is 18.0. The Balaban J connectivity index is 2.05. The molecule has 0 aromatic heterocycles. The van der Waals surface area contributed by atoms with Gasteiger partial charge in [-0.15, -0.1) is 0 Å². The molecule has 1 aromatic carbocycles. The van der Waals surface area contributed by atoms with Gasteiger partial charge in [0.25, 0.3) is 0 Å². The largest absolute Gasteiger partial charge is 0.444 e. The summed E-state index contributed by atoms with van der Waals surface area (Å²) in [6.07, 6.45) is -4.61. The number of carbonyl (C=O) groups is 1. The van der Waals surface area contributed by atoms with Gasteiger partial charge in [0, 0.05) is 25.7 Å². The zero-order valence-corrected chi connectivity index (χ0v) is 14.1. The van der Waals surface area contributed by atoms with Gasteiger partial charge in [0.15, 0.2) is 0 Å². The van der Waals surface area contributed by atoms with E-state index < -0.39 is 23.4 Å². The maximum atomic E-state index is 13.1. The van der Waals surface area contributed by atoms with E-state index in [1.54, 1.807) is 31.7 Å². The van der Waals surface area contributed by atoms with Crippen molar-refractivity contribution in [2.45, 2.75) is 45.0 Å². The Morgan fingerprint density at radius 1 is 1.29 bits per heavy atom. The molecule has 1 aliphatic heterocycles. The standard InChI is InChI=1S/C17H23F3N2O2/c1-16(2,3)24-15(23)22-9-8-21-13(11-22)10-12-6-4-5-7-14(12)17(18,19)20/h4-7,13,21H,8-11H2,1-3H3/t13-/m1/s1. The number of piperazine rings is 1. The summed E-state index contributed by atoms with van der Waals surface area (Å²) in [6, 6.07) is 5.31. The van der Waals surface area contributed by atoms with E-state index in [1.165, 1.54) is 12.1 Å². The van der Waals surface area contributed by atoms with Crippen LogP contribution in [0.15, 0.2) is 24.3 Å². The summed E-state index contributed by atoms with van der Waals surface area (Å²) in [6.45, 7) is 6.67. The smallest absolute Gasteiger partial charge is 0.416 e. The lowest BCUT2D eigenvalue weighted by atomic mass is 9.98. The van der Waals surface area contributed by atoms with Crippen LogP contribution in [0, 0.1) is 0 Å². The Kier molecular flexibility index (Phi) is 5.42. The van der Waals surface area contributed by atoms with Crippen molar-refractivity contribution < 1.29 is 22.7 Å². The number of benzene rings is 1. The highest BCUT2D eigenvalue weighted by Crippen LogP contribution is 2.32. The molecule has 2 rings (SSSR count). The van der Waals surface area contributed by atoms with Crippen molar-refractivity contribution in [2.75, 3.05) is 19.6 Å². The van der Waals surface area contributed by atoms with E-state index in [-0.39, 0.29) is 18.0 Å². The highest BCUT2D eigenvalue weighted by molar-refractivity contribution is 5.68. The second-order valence-electron chi connectivity index (χ2n) is 6.94. The van der Waals surface area contributed by atoms with Gasteiger partial charge in [0.05, 0.1) is 5.56 Å². The Labute approximate surface area is 140 Å². The molecule has 7 heteroatoms. The third-order valence-electron chi connectivity index (χ3n) is 3.70. The van der Waals surface area contributed by atoms with Crippen LogP contribution < -0.4 is 5.32 Å². The maximum Gasteiger partial charge on any atom is 0.416 e. The number of halogens is 3. The molecule has 1 heterocycles. The summed E-state index contributed by atoms with van der Waals surface area (Å²) in [5.41, 5.74) is -0.991. The number of alkyl halides is 3. The van der Waals surface area contributed by atoms with Crippen LogP contribution in [-0.4, -0.2) is 42.3 Å². The number of nitrogens with zero attached hydrogens (tertiary/aromatic N) is 1. The molecule has 0 bridgehead atoms. The van der Waals surface area contributed by atoms with E-state index >= 15 is 0 Å². The minimum atomic E-state index is -4.38. The number of nitrogens with one attached hydrogen (secondary N) is 1. The van der Waals surface area contributed by atoms with Gasteiger partial charge in [-0.1, -0.05) is 18.2 Å². The van der Waals surface area contributed by atoms with Crippen molar-refractivity contribution in [3.63, 3.8) is 0 Å². The fourth-order valence-electron chi connectivity index (χ4n) is 2.69. The van der Waals surface area contributed by atoms with Gasteiger partial charge in [0.2, 0.25) is 0 Å². The van der Waals surface area contributed by atoms with Gasteiger partial charge < -0.3 is 15.0 Å². The van der Waals surface area contributed by atoms with Crippen molar-refractivity contribution in [1.29, 1.82) is 0 Å². The third-order valence-corrected chi connectivity index (χ3v) is 3.70. The van der Waals surface area contributed by atoms with Crippen LogP contribution >= 0.6 is 0 Å². The number of rotatable bonds is 2. The molecule has 0 aliphatic carbocycles. The van der Waals surface area contributed by atoms with E-state index in [9.17, 15) is 18.0 Å². The van der Waals surface area contributed by atoms with Crippen LogP contribution in [-0.2, 0) is 17.3 Å². The number of amides is 1. The highest BCUT2D eigenvalue weighted by atomic mass is 19.4. The lowest BCUT2D eigenvalue weighted by molar-refractivity contribution is -0.138. The van der Waals surface area contributed by atoms with E-state index in [1.807, 2.05) is 0 Å². The number of hydrogen-bond donors (Lipinski definition) is 1. The average Bonchev–Trinajstić information content (AvgIpc) is 2.45. The first kappa shape index (κ1) is 18.6. The quantitative estimate of drug-likeness (QED) is 0.893. The van der Waals surface area contributed by atoms with Crippen LogP contribution in [0.25, 0.3) is 0 Å². The van der Waals surface area contributed by atoms with Gasteiger partial charge in [0.1, 0.15) is 5.60 Å². The molecule has 1 N–H and O–H groups in total. The lowest BCUT2D eigenvalue weighted by Crippen LogP contribution is -2.54. The van der Waals surface area contributed by atoms with E-state index in [0.29, 0.717) is 19.6 Å². The molecule has 1 fully saturated rings. The first-order valence-electron chi connectivity index (χ1n) is 7.93. The minimum Gasteiger partial charge on any atom is -0.444 e. The van der Waals surface area contributed by atoms with Crippen molar-refractivity contribution >= 4 is 6.09 Å². The third kappa shape index (κ3) is 5.12. The van der Waals surface area contributed by atoms with E-state index in [2.05, 4.69) is 5.32 Å². The summed E-state index contributed by atoms with van der Waals surface area (Å²) in [5.74, 6) is 0. The second-order valence-corrected chi connectivity index (χ2v) is 6.94. The normalized spacial score (nSPS) is 19.2. The molecule has 134 valence electrons. The molecule has 0 unspecified atom stereocenters. The van der Waals surface area contributed by atoms with Crippen molar-refractivity contribution in [3.05, 3.63) is 35.4 Å². The second kappa shape index (κ2) is 7.01. The Morgan fingerprint density at radius 3 is 2.58 bits per heavy atom. The minimum absolute atomic E-state index is 0.203. The molecule has 0 saturated carbocycles. The Hall–Kier alpha value is -1.76. The topological polar surface area (TPSA) is 41.6 Å². The van der Waals surface area contributed by atoms with Gasteiger partial charge in [-0.05, 0) is 38.8 Å². The summed E-state index contributed by atoms with van der Waals surface area (Å²) < 4.78 is 44.6. The first-order chi connectivity index (χ1) is 11.1. The van der Waals surface area contributed by atoms with Crippen LogP contribution in [0.1, 0.15) is 31.9 Å². The van der Waals surface area contributed by atoms with Crippen LogP contribution in [0.2, 0.25) is 0 Å². The molecule has 0 spiro atoms. The van der Waals surface area contributed by atoms with Gasteiger partial charge in [-0.2, -0.15) is 13.2 Å². The van der Waals surface area contributed by atoms with Crippen molar-refractivity contribution in [2.24, 2.45) is 0 Å². The number of hydrogen-bond acceptors (Lipinski definition) is 3. The summed E-state index contributed by atoms with van der Waals surface area (Å²) in [7, 11) is 0. The lowest BCUT2D eigenvalue weighted by Gasteiger charge is -2.35. The predicted octanol–water partition coefficient (Wildman–Crippen LogP) is 3.46. The average molecular weight is 344 g/mol. The molecule has 1 amide bonds. The van der Waals surface area contributed by atoms with Crippen molar-refractivity contribution in [3.8, 4) is 0 Å². The maximum absolute atomic E-state index is 13.1. The molecule has 1 saturated heterocycles. The van der Waals surface area contributed by atoms with E-state index in [4.69, 9.17) is 4.74 Å². The molecule has 4 nitrogen and oxygen atoms in total. The van der Waals surface area contributed by atoms with Gasteiger partial charge in [-0.3, -0.25) is 0 Å². The van der Waals surface area contributed by atoms with Crippen LogP contribution in [0.3, 0.4) is 0 Å².